The molecule has 0 spiro atoms. The number of nitrogens with zero attached hydrogens (tertiary/aromatic N) is 2. The maximum atomic E-state index is 5.75. The zero-order valence-electron chi connectivity index (χ0n) is 11.2. The lowest BCUT2D eigenvalue weighted by molar-refractivity contribution is -0.0403. The summed E-state index contributed by atoms with van der Waals surface area (Å²) in [4.78, 5) is 4.52. The lowest BCUT2D eigenvalue weighted by Gasteiger charge is -2.24. The molecule has 1 N–H and O–H groups in total. The van der Waals surface area contributed by atoms with E-state index in [4.69, 9.17) is 9.26 Å². The molecule has 2 rings (SSSR count). The predicted octanol–water partition coefficient (Wildman–Crippen LogP) is 2.11. The quantitative estimate of drug-likeness (QED) is 0.885. The van der Waals surface area contributed by atoms with Gasteiger partial charge in [0.2, 0.25) is 11.7 Å². The Morgan fingerprint density at radius 2 is 2.39 bits per heavy atom. The van der Waals surface area contributed by atoms with Gasteiger partial charge < -0.3 is 14.6 Å². The van der Waals surface area contributed by atoms with E-state index in [1.54, 1.807) is 0 Å². The van der Waals surface area contributed by atoms with Gasteiger partial charge >= 0.3 is 0 Å². The average molecular weight is 271 g/mol. The Hall–Kier alpha value is -0.590. The van der Waals surface area contributed by atoms with Crippen LogP contribution in [0, 0.1) is 0 Å². The number of aromatic nitrogens is 2. The summed E-state index contributed by atoms with van der Waals surface area (Å²) in [5, 5.41) is 7.48. The van der Waals surface area contributed by atoms with Crippen molar-refractivity contribution in [1.29, 1.82) is 0 Å². The number of hydrogen-bond acceptors (Lipinski definition) is 6. The minimum absolute atomic E-state index is 0.174. The van der Waals surface area contributed by atoms with Crippen LogP contribution in [0.5, 0.6) is 0 Å². The highest BCUT2D eigenvalue weighted by molar-refractivity contribution is 7.99. The van der Waals surface area contributed by atoms with Gasteiger partial charge in [0.15, 0.2) is 0 Å². The van der Waals surface area contributed by atoms with E-state index in [0.717, 1.165) is 24.5 Å². The van der Waals surface area contributed by atoms with Crippen molar-refractivity contribution in [3.8, 4) is 0 Å². The molecule has 6 heteroatoms. The van der Waals surface area contributed by atoms with Crippen LogP contribution in [0.2, 0.25) is 0 Å². The molecule has 2 unspecified atom stereocenters. The smallest absolute Gasteiger partial charge is 0.244 e. The Balaban J connectivity index is 2.13. The van der Waals surface area contributed by atoms with Crippen molar-refractivity contribution in [1.82, 2.24) is 15.5 Å². The molecule has 0 amide bonds. The number of hydrogen-bond donors (Lipinski definition) is 1. The third kappa shape index (κ3) is 2.87. The molecular weight excluding hydrogens is 250 g/mol. The van der Waals surface area contributed by atoms with Gasteiger partial charge in [-0.15, -0.1) is 0 Å². The van der Waals surface area contributed by atoms with Gasteiger partial charge in [-0.3, -0.25) is 0 Å². The summed E-state index contributed by atoms with van der Waals surface area (Å²) in [6.45, 7) is 7.69. The van der Waals surface area contributed by atoms with E-state index in [2.05, 4.69) is 22.4 Å². The Kier molecular flexibility index (Phi) is 4.64. The largest absolute Gasteiger partial charge is 0.367 e. The van der Waals surface area contributed by atoms with Crippen molar-refractivity contribution in [2.75, 3.05) is 24.7 Å². The lowest BCUT2D eigenvalue weighted by atomic mass is 10.0. The second-order valence-electron chi connectivity index (χ2n) is 4.56. The summed E-state index contributed by atoms with van der Waals surface area (Å²) in [5.41, 5.74) is -0.446. The first-order valence-electron chi connectivity index (χ1n) is 6.48. The van der Waals surface area contributed by atoms with Gasteiger partial charge in [0.1, 0.15) is 5.60 Å². The normalized spacial score (nSPS) is 23.8. The van der Waals surface area contributed by atoms with Crippen LogP contribution in [0.15, 0.2) is 4.52 Å². The zero-order valence-corrected chi connectivity index (χ0v) is 12.0. The molecule has 0 aromatic carbocycles. The van der Waals surface area contributed by atoms with E-state index in [-0.39, 0.29) is 6.04 Å². The van der Waals surface area contributed by atoms with E-state index >= 15 is 0 Å². The SMILES string of the molecule is CCOC(C)(CC)c1noc(C2CSCCN2)n1. The fourth-order valence-electron chi connectivity index (χ4n) is 1.96. The molecule has 102 valence electrons. The molecular formula is C12H21N3O2S. The maximum absolute atomic E-state index is 5.75. The highest BCUT2D eigenvalue weighted by Crippen LogP contribution is 2.28. The van der Waals surface area contributed by atoms with Crippen molar-refractivity contribution in [3.63, 3.8) is 0 Å². The van der Waals surface area contributed by atoms with Crippen LogP contribution < -0.4 is 5.32 Å². The van der Waals surface area contributed by atoms with Crippen LogP contribution in [-0.2, 0) is 10.3 Å². The zero-order chi connectivity index (χ0) is 13.0. The first kappa shape index (κ1) is 13.8. The van der Waals surface area contributed by atoms with Crippen LogP contribution in [0.1, 0.15) is 44.9 Å². The van der Waals surface area contributed by atoms with E-state index in [1.165, 1.54) is 0 Å². The molecule has 1 aromatic heterocycles. The highest BCUT2D eigenvalue weighted by atomic mass is 32.2. The average Bonchev–Trinajstić information content (AvgIpc) is 2.90. The van der Waals surface area contributed by atoms with Gasteiger partial charge in [-0.2, -0.15) is 16.7 Å². The van der Waals surface area contributed by atoms with Gasteiger partial charge in [-0.1, -0.05) is 12.1 Å². The van der Waals surface area contributed by atoms with Crippen LogP contribution in [-0.4, -0.2) is 34.8 Å². The summed E-state index contributed by atoms with van der Waals surface area (Å²) in [6, 6.07) is 0.174. The van der Waals surface area contributed by atoms with E-state index in [9.17, 15) is 0 Å². The fraction of sp³-hybridized carbons (Fsp3) is 0.833. The van der Waals surface area contributed by atoms with Crippen LogP contribution in [0.4, 0.5) is 0 Å². The second kappa shape index (κ2) is 6.04. The summed E-state index contributed by atoms with van der Waals surface area (Å²) in [7, 11) is 0. The first-order valence-corrected chi connectivity index (χ1v) is 7.64. The molecule has 5 nitrogen and oxygen atoms in total. The van der Waals surface area contributed by atoms with Crippen molar-refractivity contribution >= 4 is 11.8 Å². The van der Waals surface area contributed by atoms with E-state index in [1.807, 2.05) is 25.6 Å². The van der Waals surface area contributed by atoms with Crippen LogP contribution in [0.3, 0.4) is 0 Å². The Morgan fingerprint density at radius 1 is 1.56 bits per heavy atom. The maximum Gasteiger partial charge on any atom is 0.244 e. The van der Waals surface area contributed by atoms with Gasteiger partial charge in [-0.05, 0) is 20.3 Å². The Bertz CT molecular complexity index is 379. The summed E-state index contributed by atoms with van der Waals surface area (Å²) in [5.74, 6) is 3.46. The lowest BCUT2D eigenvalue weighted by Crippen LogP contribution is -2.31. The summed E-state index contributed by atoms with van der Waals surface area (Å²) < 4.78 is 11.1. The van der Waals surface area contributed by atoms with Crippen molar-refractivity contribution in [2.45, 2.75) is 38.8 Å². The summed E-state index contributed by atoms with van der Waals surface area (Å²) >= 11 is 1.91. The topological polar surface area (TPSA) is 60.2 Å². The van der Waals surface area contributed by atoms with Gasteiger partial charge in [0, 0.05) is 24.7 Å². The Labute approximate surface area is 112 Å². The predicted molar refractivity (Wildman–Crippen MR) is 71.6 cm³/mol. The van der Waals surface area contributed by atoms with Gasteiger partial charge in [-0.25, -0.2) is 0 Å². The highest BCUT2D eigenvalue weighted by Gasteiger charge is 2.32. The molecule has 1 aliphatic rings. The van der Waals surface area contributed by atoms with Crippen LogP contribution in [0.25, 0.3) is 0 Å². The van der Waals surface area contributed by atoms with Crippen molar-refractivity contribution in [2.24, 2.45) is 0 Å². The number of thioether (sulfide) groups is 1. The summed E-state index contributed by atoms with van der Waals surface area (Å²) in [6.07, 6.45) is 0.826. The molecule has 1 fully saturated rings. The van der Waals surface area contributed by atoms with E-state index < -0.39 is 5.60 Å². The Morgan fingerprint density at radius 3 is 3.00 bits per heavy atom. The molecule has 18 heavy (non-hydrogen) atoms. The van der Waals surface area contributed by atoms with Crippen LogP contribution >= 0.6 is 11.8 Å². The molecule has 0 aliphatic carbocycles. The molecule has 2 heterocycles. The number of ether oxygens (including phenoxy) is 1. The van der Waals surface area contributed by atoms with Crippen molar-refractivity contribution < 1.29 is 9.26 Å². The van der Waals surface area contributed by atoms with Gasteiger partial charge in [0.05, 0.1) is 6.04 Å². The third-order valence-corrected chi connectivity index (χ3v) is 4.33. The first-order chi connectivity index (χ1) is 8.69. The monoisotopic (exact) mass is 271 g/mol. The fourth-order valence-corrected chi connectivity index (χ4v) is 2.88. The minimum atomic E-state index is -0.446. The number of rotatable bonds is 5. The number of nitrogens with one attached hydrogen (secondary N) is 1. The molecule has 0 radical (unpaired) electrons. The third-order valence-electron chi connectivity index (χ3n) is 3.27. The minimum Gasteiger partial charge on any atom is -0.367 e. The standard InChI is InChI=1S/C12H21N3O2S/c1-4-12(3,16-5-2)11-14-10(17-15-11)9-8-18-7-6-13-9/h9,13H,4-8H2,1-3H3. The van der Waals surface area contributed by atoms with Crippen molar-refractivity contribution in [3.05, 3.63) is 11.7 Å². The molecule has 0 bridgehead atoms. The van der Waals surface area contributed by atoms with Gasteiger partial charge in [0.25, 0.3) is 0 Å². The molecule has 1 aromatic rings. The van der Waals surface area contributed by atoms with E-state index in [0.29, 0.717) is 18.3 Å². The second-order valence-corrected chi connectivity index (χ2v) is 5.71. The molecule has 1 saturated heterocycles. The molecule has 2 atom stereocenters. The molecule has 1 aliphatic heterocycles. The molecule has 0 saturated carbocycles.